The number of amides is 2. The van der Waals surface area contributed by atoms with E-state index in [0.717, 1.165) is 11.1 Å². The number of halogens is 1. The van der Waals surface area contributed by atoms with Gasteiger partial charge in [-0.1, -0.05) is 29.8 Å². The number of carbonyl (C=O) groups excluding carboxylic acids is 2. The van der Waals surface area contributed by atoms with Crippen LogP contribution >= 0.6 is 11.6 Å². The Balaban J connectivity index is 1.52. The minimum Gasteiger partial charge on any atom is -0.489 e. The summed E-state index contributed by atoms with van der Waals surface area (Å²) in [6.07, 6.45) is 1.54. The third-order valence-electron chi connectivity index (χ3n) is 4.00. The first-order valence-corrected chi connectivity index (χ1v) is 9.56. The Hall–Kier alpha value is -3.64. The van der Waals surface area contributed by atoms with Crippen molar-refractivity contribution in [1.29, 1.82) is 0 Å². The summed E-state index contributed by atoms with van der Waals surface area (Å²) in [5, 5.41) is 7.28. The molecule has 0 saturated carbocycles. The third kappa shape index (κ3) is 6.46. The van der Waals surface area contributed by atoms with Gasteiger partial charge in [-0.3, -0.25) is 9.59 Å². The van der Waals surface area contributed by atoms with Crippen molar-refractivity contribution < 1.29 is 14.3 Å². The Morgan fingerprint density at radius 1 is 1.03 bits per heavy atom. The van der Waals surface area contributed by atoms with Gasteiger partial charge in [-0.25, -0.2) is 5.43 Å². The molecule has 0 aromatic heterocycles. The quantitative estimate of drug-likeness (QED) is 0.430. The van der Waals surface area contributed by atoms with E-state index in [9.17, 15) is 9.59 Å². The smallest absolute Gasteiger partial charge is 0.271 e. The molecule has 2 N–H and O–H groups in total. The SMILES string of the molecule is CC(=O)Nc1cccc(C(=O)NN=Cc2ccc(OCc3cccc(Cl)c3)cc2)c1. The predicted molar refractivity (Wildman–Crippen MR) is 118 cm³/mol. The van der Waals surface area contributed by atoms with Crippen LogP contribution < -0.4 is 15.5 Å². The summed E-state index contributed by atoms with van der Waals surface area (Å²) < 4.78 is 5.74. The van der Waals surface area contributed by atoms with E-state index in [4.69, 9.17) is 16.3 Å². The van der Waals surface area contributed by atoms with Crippen LogP contribution in [-0.2, 0) is 11.4 Å². The van der Waals surface area contributed by atoms with Crippen LogP contribution in [0.5, 0.6) is 5.75 Å². The average molecular weight is 422 g/mol. The third-order valence-corrected chi connectivity index (χ3v) is 4.23. The topological polar surface area (TPSA) is 79.8 Å². The van der Waals surface area contributed by atoms with Crippen LogP contribution in [0.25, 0.3) is 0 Å². The summed E-state index contributed by atoms with van der Waals surface area (Å²) in [6.45, 7) is 1.83. The summed E-state index contributed by atoms with van der Waals surface area (Å²) in [5.41, 5.74) is 5.20. The molecule has 0 aliphatic heterocycles. The number of nitrogens with zero attached hydrogens (tertiary/aromatic N) is 1. The number of ether oxygens (including phenoxy) is 1. The van der Waals surface area contributed by atoms with Gasteiger partial charge in [0.15, 0.2) is 0 Å². The van der Waals surface area contributed by atoms with Gasteiger partial charge in [0, 0.05) is 23.2 Å². The highest BCUT2D eigenvalue weighted by atomic mass is 35.5. The molecule has 152 valence electrons. The second kappa shape index (κ2) is 10.2. The van der Waals surface area contributed by atoms with Crippen LogP contribution in [0.3, 0.4) is 0 Å². The summed E-state index contributed by atoms with van der Waals surface area (Å²) in [6, 6.07) is 21.4. The lowest BCUT2D eigenvalue weighted by atomic mass is 10.2. The molecule has 0 unspecified atom stereocenters. The van der Waals surface area contributed by atoms with E-state index < -0.39 is 0 Å². The van der Waals surface area contributed by atoms with Crippen molar-refractivity contribution >= 4 is 35.3 Å². The van der Waals surface area contributed by atoms with Crippen molar-refractivity contribution in [3.63, 3.8) is 0 Å². The number of anilines is 1. The van der Waals surface area contributed by atoms with Gasteiger partial charge in [-0.15, -0.1) is 0 Å². The lowest BCUT2D eigenvalue weighted by Crippen LogP contribution is -2.18. The molecule has 30 heavy (non-hydrogen) atoms. The molecule has 2 amide bonds. The van der Waals surface area contributed by atoms with Gasteiger partial charge < -0.3 is 10.1 Å². The largest absolute Gasteiger partial charge is 0.489 e. The Morgan fingerprint density at radius 2 is 1.80 bits per heavy atom. The van der Waals surface area contributed by atoms with Crippen molar-refractivity contribution in [2.24, 2.45) is 5.10 Å². The summed E-state index contributed by atoms with van der Waals surface area (Å²) in [7, 11) is 0. The Bertz CT molecular complexity index is 1070. The van der Waals surface area contributed by atoms with Crippen LogP contribution in [0, 0.1) is 0 Å². The number of hydrazone groups is 1. The van der Waals surface area contributed by atoms with E-state index in [-0.39, 0.29) is 11.8 Å². The minimum absolute atomic E-state index is 0.203. The second-order valence-electron chi connectivity index (χ2n) is 6.45. The molecule has 3 rings (SSSR count). The number of benzene rings is 3. The molecule has 0 atom stereocenters. The summed E-state index contributed by atoms with van der Waals surface area (Å²) in [5.74, 6) is 0.136. The maximum absolute atomic E-state index is 12.2. The second-order valence-corrected chi connectivity index (χ2v) is 6.89. The molecule has 3 aromatic carbocycles. The van der Waals surface area contributed by atoms with E-state index in [1.807, 2.05) is 48.5 Å². The average Bonchev–Trinajstić information content (AvgIpc) is 2.73. The summed E-state index contributed by atoms with van der Waals surface area (Å²) >= 11 is 5.97. The molecular weight excluding hydrogens is 402 g/mol. The van der Waals surface area contributed by atoms with Gasteiger partial charge in [0.1, 0.15) is 12.4 Å². The molecule has 7 heteroatoms. The lowest BCUT2D eigenvalue weighted by molar-refractivity contribution is -0.114. The predicted octanol–water partition coefficient (Wildman–Crippen LogP) is 4.64. The van der Waals surface area contributed by atoms with Gasteiger partial charge in [0.05, 0.1) is 6.21 Å². The number of carbonyl (C=O) groups is 2. The molecule has 0 heterocycles. The van der Waals surface area contributed by atoms with Crippen LogP contribution in [0.15, 0.2) is 77.9 Å². The molecule has 0 radical (unpaired) electrons. The standard InChI is InChI=1S/C23H20ClN3O3/c1-16(28)26-21-7-3-5-19(13-21)23(29)27-25-14-17-8-10-22(11-9-17)30-15-18-4-2-6-20(24)12-18/h2-14H,15H2,1H3,(H,26,28)(H,27,29). The van der Waals surface area contributed by atoms with Gasteiger partial charge in [0.25, 0.3) is 5.91 Å². The molecular formula is C23H20ClN3O3. The van der Waals surface area contributed by atoms with Crippen LogP contribution in [0.4, 0.5) is 5.69 Å². The monoisotopic (exact) mass is 421 g/mol. The van der Waals surface area contributed by atoms with Gasteiger partial charge in [-0.05, 0) is 65.7 Å². The fourth-order valence-corrected chi connectivity index (χ4v) is 2.83. The molecule has 0 fully saturated rings. The Kier molecular flexibility index (Phi) is 7.19. The number of hydrogen-bond donors (Lipinski definition) is 2. The number of hydrogen-bond acceptors (Lipinski definition) is 4. The molecule has 0 aliphatic carbocycles. The van der Waals surface area contributed by atoms with Crippen molar-refractivity contribution in [2.75, 3.05) is 5.32 Å². The first kappa shape index (κ1) is 21.1. The van der Waals surface area contributed by atoms with E-state index in [2.05, 4.69) is 15.8 Å². The zero-order valence-corrected chi connectivity index (χ0v) is 17.0. The first-order valence-electron chi connectivity index (χ1n) is 9.18. The maximum Gasteiger partial charge on any atom is 0.271 e. The van der Waals surface area contributed by atoms with Gasteiger partial charge >= 0.3 is 0 Å². The van der Waals surface area contributed by atoms with Gasteiger partial charge in [0.2, 0.25) is 5.91 Å². The normalized spacial score (nSPS) is 10.6. The first-order chi connectivity index (χ1) is 14.5. The zero-order chi connectivity index (χ0) is 21.3. The fraction of sp³-hybridized carbons (Fsp3) is 0.0870. The van der Waals surface area contributed by atoms with Crippen molar-refractivity contribution in [3.8, 4) is 5.75 Å². The van der Waals surface area contributed by atoms with Crippen LogP contribution in [-0.4, -0.2) is 18.0 Å². The lowest BCUT2D eigenvalue weighted by Gasteiger charge is -2.07. The van der Waals surface area contributed by atoms with E-state index in [1.54, 1.807) is 24.3 Å². The minimum atomic E-state index is -0.375. The maximum atomic E-state index is 12.2. The Morgan fingerprint density at radius 3 is 2.53 bits per heavy atom. The van der Waals surface area contributed by atoms with Gasteiger partial charge in [-0.2, -0.15) is 5.10 Å². The van der Waals surface area contributed by atoms with Crippen LogP contribution in [0.1, 0.15) is 28.4 Å². The molecule has 6 nitrogen and oxygen atoms in total. The van der Waals surface area contributed by atoms with E-state index in [1.165, 1.54) is 13.1 Å². The number of nitrogens with one attached hydrogen (secondary N) is 2. The highest BCUT2D eigenvalue weighted by molar-refractivity contribution is 6.30. The molecule has 0 bridgehead atoms. The fourth-order valence-electron chi connectivity index (χ4n) is 2.61. The number of rotatable bonds is 7. The zero-order valence-electron chi connectivity index (χ0n) is 16.3. The van der Waals surface area contributed by atoms with E-state index in [0.29, 0.717) is 28.6 Å². The molecule has 0 aliphatic rings. The van der Waals surface area contributed by atoms with Crippen LogP contribution in [0.2, 0.25) is 5.02 Å². The van der Waals surface area contributed by atoms with Crippen molar-refractivity contribution in [2.45, 2.75) is 13.5 Å². The van der Waals surface area contributed by atoms with E-state index >= 15 is 0 Å². The molecule has 0 saturated heterocycles. The van der Waals surface area contributed by atoms with Crippen molar-refractivity contribution in [3.05, 3.63) is 94.5 Å². The highest BCUT2D eigenvalue weighted by Gasteiger charge is 2.05. The highest BCUT2D eigenvalue weighted by Crippen LogP contribution is 2.16. The molecule has 3 aromatic rings. The van der Waals surface area contributed by atoms with Crippen molar-refractivity contribution in [1.82, 2.24) is 5.43 Å². The molecule has 0 spiro atoms. The Labute approximate surface area is 179 Å². The summed E-state index contributed by atoms with van der Waals surface area (Å²) in [4.78, 5) is 23.3.